The van der Waals surface area contributed by atoms with Crippen LogP contribution in [0.3, 0.4) is 0 Å². The summed E-state index contributed by atoms with van der Waals surface area (Å²) in [4.78, 5) is 31.4. The number of β-lactam (4-membered cyclic amide) rings is 1. The van der Waals surface area contributed by atoms with Gasteiger partial charge in [-0.25, -0.2) is 4.79 Å². The van der Waals surface area contributed by atoms with Gasteiger partial charge < -0.3 is 9.64 Å². The van der Waals surface area contributed by atoms with Crippen molar-refractivity contribution in [2.75, 3.05) is 7.11 Å². The number of thioether (sulfide) groups is 1. The number of fused-ring (bicyclic) bond motifs is 1. The minimum atomic E-state index is -0.554. The lowest BCUT2D eigenvalue weighted by Gasteiger charge is -2.43. The molecule has 0 bridgehead atoms. The van der Waals surface area contributed by atoms with Crippen molar-refractivity contribution in [3.63, 3.8) is 0 Å². The van der Waals surface area contributed by atoms with Gasteiger partial charge in [-0.15, -0.1) is 11.8 Å². The van der Waals surface area contributed by atoms with Crippen LogP contribution in [0.25, 0.3) is 0 Å². The van der Waals surface area contributed by atoms with Crippen LogP contribution in [-0.4, -0.2) is 46.1 Å². The second-order valence-corrected chi connectivity index (χ2v) is 7.92. The summed E-state index contributed by atoms with van der Waals surface area (Å²) in [5.74, 6) is -0.501. The average molecular weight is 336 g/mol. The Kier molecular flexibility index (Phi) is 4.35. The quantitative estimate of drug-likeness (QED) is 0.497. The summed E-state index contributed by atoms with van der Waals surface area (Å²) < 4.78 is 4.46. The van der Waals surface area contributed by atoms with Crippen LogP contribution in [0.15, 0.2) is 30.3 Å². The summed E-state index contributed by atoms with van der Waals surface area (Å²) >= 11 is 1.59. The van der Waals surface area contributed by atoms with Gasteiger partial charge in [-0.05, 0) is 19.4 Å². The van der Waals surface area contributed by atoms with Crippen molar-refractivity contribution < 1.29 is 19.2 Å². The van der Waals surface area contributed by atoms with E-state index in [0.29, 0.717) is 6.61 Å². The van der Waals surface area contributed by atoms with Crippen LogP contribution >= 0.6 is 11.8 Å². The highest BCUT2D eigenvalue weighted by Gasteiger charge is 2.64. The number of nitrogens with one attached hydrogen (secondary N) is 1. The van der Waals surface area contributed by atoms with Gasteiger partial charge in [0.1, 0.15) is 17.5 Å². The van der Waals surface area contributed by atoms with E-state index < -0.39 is 12.1 Å². The van der Waals surface area contributed by atoms with Crippen molar-refractivity contribution in [3.05, 3.63) is 35.9 Å². The zero-order chi connectivity index (χ0) is 16.6. The van der Waals surface area contributed by atoms with Crippen molar-refractivity contribution in [1.82, 2.24) is 10.4 Å². The third-order valence-electron chi connectivity index (χ3n) is 4.16. The van der Waals surface area contributed by atoms with Crippen LogP contribution < -0.4 is 5.48 Å². The number of benzene rings is 1. The Morgan fingerprint density at radius 2 is 2.04 bits per heavy atom. The van der Waals surface area contributed by atoms with Crippen LogP contribution in [0.2, 0.25) is 0 Å². The fourth-order valence-corrected chi connectivity index (χ4v) is 4.61. The van der Waals surface area contributed by atoms with E-state index >= 15 is 0 Å². The first-order chi connectivity index (χ1) is 11.0. The van der Waals surface area contributed by atoms with Gasteiger partial charge in [0.15, 0.2) is 0 Å². The Morgan fingerprint density at radius 1 is 1.35 bits per heavy atom. The number of ether oxygens (including phenoxy) is 1. The number of hydrogen-bond acceptors (Lipinski definition) is 6. The first-order valence-electron chi connectivity index (χ1n) is 7.45. The molecular formula is C16H20N2O4S. The fourth-order valence-electron chi connectivity index (χ4n) is 3.00. The zero-order valence-corrected chi connectivity index (χ0v) is 14.1. The molecule has 0 aromatic heterocycles. The number of rotatable bonds is 5. The van der Waals surface area contributed by atoms with Gasteiger partial charge >= 0.3 is 5.97 Å². The molecule has 0 aliphatic carbocycles. The molecular weight excluding hydrogens is 316 g/mol. The molecule has 2 aliphatic heterocycles. The lowest BCUT2D eigenvalue weighted by Crippen LogP contribution is -2.69. The highest BCUT2D eigenvalue weighted by atomic mass is 32.2. The molecule has 2 fully saturated rings. The predicted octanol–water partition coefficient (Wildman–Crippen LogP) is 1.31. The molecule has 2 unspecified atom stereocenters. The number of carbonyl (C=O) groups is 2. The van der Waals surface area contributed by atoms with Crippen molar-refractivity contribution in [3.8, 4) is 0 Å². The van der Waals surface area contributed by atoms with Crippen LogP contribution in [0.5, 0.6) is 0 Å². The van der Waals surface area contributed by atoms with Crippen molar-refractivity contribution in [2.45, 2.75) is 42.7 Å². The topological polar surface area (TPSA) is 67.9 Å². The maximum absolute atomic E-state index is 12.4. The standard InChI is InChI=1S/C16H20N2O4S/c1-16(2)12(15(20)21-3)18-13(19)11(14(18)23-16)17-22-9-10-7-5-4-6-8-10/h4-8,11-12,14,17H,9H2,1-3H3/t11?,12-,14?/m0/s1. The number of hydrogen-bond donors (Lipinski definition) is 1. The molecule has 2 aliphatic rings. The van der Waals surface area contributed by atoms with Gasteiger partial charge in [-0.3, -0.25) is 9.63 Å². The zero-order valence-electron chi connectivity index (χ0n) is 13.3. The Morgan fingerprint density at radius 3 is 2.70 bits per heavy atom. The summed E-state index contributed by atoms with van der Waals surface area (Å²) in [5.41, 5.74) is 3.86. The molecule has 7 heteroatoms. The molecule has 0 radical (unpaired) electrons. The lowest BCUT2D eigenvalue weighted by molar-refractivity contribution is -0.167. The molecule has 1 aromatic rings. The monoisotopic (exact) mass is 336 g/mol. The van der Waals surface area contributed by atoms with E-state index in [2.05, 4.69) is 5.48 Å². The molecule has 3 rings (SSSR count). The normalized spacial score (nSPS) is 28.2. The smallest absolute Gasteiger partial charge is 0.330 e. The van der Waals surface area contributed by atoms with Gasteiger partial charge in [-0.2, -0.15) is 5.48 Å². The molecule has 6 nitrogen and oxygen atoms in total. The Hall–Kier alpha value is -1.57. The average Bonchev–Trinajstić information content (AvgIpc) is 2.80. The number of amides is 1. The Labute approximate surface area is 139 Å². The summed E-state index contributed by atoms with van der Waals surface area (Å²) in [5, 5.41) is -0.114. The van der Waals surface area contributed by atoms with E-state index in [-0.39, 0.29) is 22.0 Å². The molecule has 1 N–H and O–H groups in total. The summed E-state index contributed by atoms with van der Waals surface area (Å²) in [6.45, 7) is 4.28. The number of hydroxylamine groups is 1. The van der Waals surface area contributed by atoms with E-state index in [1.54, 1.807) is 16.7 Å². The number of nitrogens with zero attached hydrogens (tertiary/aromatic N) is 1. The molecule has 1 amide bonds. The van der Waals surface area contributed by atoms with Crippen LogP contribution in [-0.2, 0) is 25.8 Å². The van der Waals surface area contributed by atoms with Gasteiger partial charge in [0, 0.05) is 4.75 Å². The summed E-state index contributed by atoms with van der Waals surface area (Å²) in [7, 11) is 1.35. The molecule has 1 aromatic carbocycles. The SMILES string of the molecule is COC(=O)[C@@H]1N2C(=O)C(NOCc3ccccc3)C2SC1(C)C. The first kappa shape index (κ1) is 16.3. The van der Waals surface area contributed by atoms with Gasteiger partial charge in [0.05, 0.1) is 13.7 Å². The lowest BCUT2D eigenvalue weighted by atomic mass is 9.96. The largest absolute Gasteiger partial charge is 0.467 e. The second kappa shape index (κ2) is 6.14. The number of carbonyl (C=O) groups excluding carboxylic acids is 2. The first-order valence-corrected chi connectivity index (χ1v) is 8.33. The molecule has 3 atom stereocenters. The maximum atomic E-state index is 12.4. The number of methoxy groups -OCH3 is 1. The predicted molar refractivity (Wildman–Crippen MR) is 86.3 cm³/mol. The van der Waals surface area contributed by atoms with Crippen LogP contribution in [0.4, 0.5) is 0 Å². The number of esters is 1. The van der Waals surface area contributed by atoms with Gasteiger partial charge in [-0.1, -0.05) is 30.3 Å². The van der Waals surface area contributed by atoms with Crippen LogP contribution in [0.1, 0.15) is 19.4 Å². The van der Waals surface area contributed by atoms with E-state index in [4.69, 9.17) is 9.57 Å². The highest BCUT2D eigenvalue weighted by molar-refractivity contribution is 8.01. The van der Waals surface area contributed by atoms with Crippen LogP contribution in [0, 0.1) is 0 Å². The third-order valence-corrected chi connectivity index (χ3v) is 5.73. The highest BCUT2D eigenvalue weighted by Crippen LogP contribution is 2.50. The van der Waals surface area contributed by atoms with Crippen molar-refractivity contribution >= 4 is 23.6 Å². The third kappa shape index (κ3) is 2.84. The molecule has 2 heterocycles. The Balaban J connectivity index is 1.60. The van der Waals surface area contributed by atoms with E-state index in [0.717, 1.165) is 5.56 Å². The van der Waals surface area contributed by atoms with E-state index in [9.17, 15) is 9.59 Å². The molecule has 23 heavy (non-hydrogen) atoms. The second-order valence-electron chi connectivity index (χ2n) is 6.15. The van der Waals surface area contributed by atoms with Crippen molar-refractivity contribution in [1.29, 1.82) is 0 Å². The molecule has 0 spiro atoms. The molecule has 124 valence electrons. The Bertz CT molecular complexity index is 607. The fraction of sp³-hybridized carbons (Fsp3) is 0.500. The van der Waals surface area contributed by atoms with Gasteiger partial charge in [0.25, 0.3) is 0 Å². The molecule has 2 saturated heterocycles. The van der Waals surface area contributed by atoms with Crippen molar-refractivity contribution in [2.24, 2.45) is 0 Å². The summed E-state index contributed by atoms with van der Waals surface area (Å²) in [6.07, 6.45) is 0. The van der Waals surface area contributed by atoms with E-state index in [1.807, 2.05) is 44.2 Å². The van der Waals surface area contributed by atoms with E-state index in [1.165, 1.54) is 7.11 Å². The minimum absolute atomic E-state index is 0.114. The van der Waals surface area contributed by atoms with Gasteiger partial charge in [0.2, 0.25) is 5.91 Å². The molecule has 0 saturated carbocycles. The maximum Gasteiger partial charge on any atom is 0.330 e. The minimum Gasteiger partial charge on any atom is -0.467 e. The summed E-state index contributed by atoms with van der Waals surface area (Å²) in [6, 6.07) is 8.74.